The Morgan fingerprint density at radius 2 is 2.18 bits per heavy atom. The van der Waals surface area contributed by atoms with Crippen LogP contribution in [0.15, 0.2) is 42.7 Å². The molecule has 0 aliphatic carbocycles. The van der Waals surface area contributed by atoms with E-state index in [0.717, 1.165) is 41.1 Å². The van der Waals surface area contributed by atoms with Crippen LogP contribution in [0.1, 0.15) is 43.6 Å². The van der Waals surface area contributed by atoms with E-state index in [-0.39, 0.29) is 11.8 Å². The molecule has 1 aliphatic heterocycles. The minimum atomic E-state index is 0.157. The van der Waals surface area contributed by atoms with Crippen LogP contribution in [0.25, 0.3) is 11.0 Å². The summed E-state index contributed by atoms with van der Waals surface area (Å²) in [6, 6.07) is 9.97. The Labute approximate surface area is 165 Å². The highest BCUT2D eigenvalue weighted by atomic mass is 16.5. The minimum Gasteiger partial charge on any atom is -0.497 e. The van der Waals surface area contributed by atoms with E-state index in [2.05, 4.69) is 23.4 Å². The third kappa shape index (κ3) is 3.46. The Hall–Kier alpha value is -2.89. The number of hydrogen-bond donors (Lipinski definition) is 0. The molecular weight excluding hydrogens is 352 g/mol. The molecule has 1 atom stereocenters. The molecule has 1 unspecified atom stereocenters. The summed E-state index contributed by atoms with van der Waals surface area (Å²) in [6.45, 7) is 5.82. The predicted molar refractivity (Wildman–Crippen MR) is 109 cm³/mol. The third-order valence-electron chi connectivity index (χ3n) is 5.43. The summed E-state index contributed by atoms with van der Waals surface area (Å²) in [7, 11) is 1.64. The van der Waals surface area contributed by atoms with Gasteiger partial charge in [0.1, 0.15) is 11.6 Å². The molecule has 1 amide bonds. The number of imidazole rings is 1. The summed E-state index contributed by atoms with van der Waals surface area (Å²) in [5.74, 6) is 2.26. The largest absolute Gasteiger partial charge is 0.497 e. The molecule has 0 spiro atoms. The van der Waals surface area contributed by atoms with Crippen molar-refractivity contribution in [3.63, 3.8) is 0 Å². The Bertz CT molecular complexity index is 995. The molecule has 146 valence electrons. The maximum absolute atomic E-state index is 12.8. The molecule has 6 nitrogen and oxygen atoms in total. The lowest BCUT2D eigenvalue weighted by Gasteiger charge is -2.19. The molecule has 4 rings (SSSR count). The zero-order valence-electron chi connectivity index (χ0n) is 16.6. The van der Waals surface area contributed by atoms with E-state index in [1.165, 1.54) is 0 Å². The number of benzene rings is 1. The number of fused-ring (bicyclic) bond motifs is 1. The van der Waals surface area contributed by atoms with Gasteiger partial charge in [0, 0.05) is 31.2 Å². The molecule has 6 heteroatoms. The Balaban J connectivity index is 1.52. The van der Waals surface area contributed by atoms with Crippen LogP contribution >= 0.6 is 0 Å². The van der Waals surface area contributed by atoms with E-state index < -0.39 is 0 Å². The summed E-state index contributed by atoms with van der Waals surface area (Å²) < 4.78 is 7.53. The predicted octanol–water partition coefficient (Wildman–Crippen LogP) is 3.58. The van der Waals surface area contributed by atoms with Gasteiger partial charge in [0.15, 0.2) is 0 Å². The van der Waals surface area contributed by atoms with Gasteiger partial charge in [-0.05, 0) is 44.0 Å². The molecule has 0 N–H and O–H groups in total. The average Bonchev–Trinajstić information content (AvgIpc) is 3.32. The number of rotatable bonds is 5. The maximum atomic E-state index is 12.8. The number of methoxy groups -OCH3 is 1. The molecular formula is C22H26N4O2. The quantitative estimate of drug-likeness (QED) is 0.681. The first-order valence-electron chi connectivity index (χ1n) is 9.79. The van der Waals surface area contributed by atoms with Crippen molar-refractivity contribution in [1.29, 1.82) is 0 Å². The molecule has 3 heterocycles. The lowest BCUT2D eigenvalue weighted by atomic mass is 10.1. The average molecular weight is 378 g/mol. The van der Waals surface area contributed by atoms with E-state index >= 15 is 0 Å². The Morgan fingerprint density at radius 3 is 2.96 bits per heavy atom. The molecule has 1 saturated heterocycles. The van der Waals surface area contributed by atoms with Crippen molar-refractivity contribution in [3.05, 3.63) is 54.1 Å². The normalized spacial score (nSPS) is 16.9. The number of aromatic nitrogens is 3. The van der Waals surface area contributed by atoms with Crippen LogP contribution in [0.3, 0.4) is 0 Å². The Morgan fingerprint density at radius 1 is 1.32 bits per heavy atom. The van der Waals surface area contributed by atoms with E-state index in [1.54, 1.807) is 13.3 Å². The fourth-order valence-electron chi connectivity index (χ4n) is 4.06. The van der Waals surface area contributed by atoms with Crippen molar-refractivity contribution in [2.75, 3.05) is 20.2 Å². The van der Waals surface area contributed by atoms with E-state index in [9.17, 15) is 4.79 Å². The van der Waals surface area contributed by atoms with Gasteiger partial charge in [-0.1, -0.05) is 12.1 Å². The van der Waals surface area contributed by atoms with Gasteiger partial charge in [-0.25, -0.2) is 4.98 Å². The first-order chi connectivity index (χ1) is 13.6. The monoisotopic (exact) mass is 378 g/mol. The van der Waals surface area contributed by atoms with Crippen LogP contribution in [0, 0.1) is 0 Å². The number of nitrogens with zero attached hydrogens (tertiary/aromatic N) is 4. The first-order valence-corrected chi connectivity index (χ1v) is 9.79. The fraction of sp³-hybridized carbons (Fsp3) is 0.409. The van der Waals surface area contributed by atoms with Crippen LogP contribution in [0.4, 0.5) is 0 Å². The van der Waals surface area contributed by atoms with Gasteiger partial charge in [0.25, 0.3) is 0 Å². The van der Waals surface area contributed by atoms with Gasteiger partial charge in [-0.15, -0.1) is 0 Å². The van der Waals surface area contributed by atoms with Crippen molar-refractivity contribution < 1.29 is 9.53 Å². The number of amides is 1. The number of ether oxygens (including phenoxy) is 1. The molecule has 28 heavy (non-hydrogen) atoms. The lowest BCUT2D eigenvalue weighted by Crippen LogP contribution is -2.30. The van der Waals surface area contributed by atoms with Gasteiger partial charge in [0.2, 0.25) is 5.91 Å². The van der Waals surface area contributed by atoms with Gasteiger partial charge in [-0.3, -0.25) is 9.78 Å². The molecule has 0 radical (unpaired) electrons. The van der Waals surface area contributed by atoms with Gasteiger partial charge in [-0.2, -0.15) is 0 Å². The van der Waals surface area contributed by atoms with Crippen LogP contribution in [-0.2, 0) is 11.2 Å². The van der Waals surface area contributed by atoms with Gasteiger partial charge >= 0.3 is 0 Å². The third-order valence-corrected chi connectivity index (χ3v) is 5.43. The van der Waals surface area contributed by atoms with E-state index in [1.807, 2.05) is 41.4 Å². The van der Waals surface area contributed by atoms with Crippen molar-refractivity contribution in [2.45, 2.75) is 38.6 Å². The highest BCUT2D eigenvalue weighted by Gasteiger charge is 2.31. The zero-order chi connectivity index (χ0) is 19.7. The number of likely N-dealkylation sites (tertiary alicyclic amines) is 1. The number of carbonyl (C=O) groups is 1. The van der Waals surface area contributed by atoms with E-state index in [4.69, 9.17) is 9.72 Å². The summed E-state index contributed by atoms with van der Waals surface area (Å²) in [5, 5.41) is 0. The van der Waals surface area contributed by atoms with Crippen LogP contribution in [0.2, 0.25) is 0 Å². The Kier molecular flexibility index (Phi) is 5.03. The van der Waals surface area contributed by atoms with Crippen molar-refractivity contribution in [1.82, 2.24) is 19.4 Å². The number of carbonyl (C=O) groups excluding carboxylic acids is 1. The summed E-state index contributed by atoms with van der Waals surface area (Å²) in [5.41, 5.74) is 3.02. The van der Waals surface area contributed by atoms with Crippen LogP contribution in [0.5, 0.6) is 5.75 Å². The molecule has 1 aliphatic rings. The van der Waals surface area contributed by atoms with Crippen molar-refractivity contribution >= 4 is 16.9 Å². The second-order valence-corrected chi connectivity index (χ2v) is 7.65. The van der Waals surface area contributed by atoms with Crippen LogP contribution in [-0.4, -0.2) is 45.5 Å². The zero-order valence-corrected chi connectivity index (χ0v) is 16.6. The smallest absolute Gasteiger partial charge is 0.227 e. The van der Waals surface area contributed by atoms with E-state index in [0.29, 0.717) is 19.0 Å². The molecule has 3 aromatic rings. The fourth-order valence-corrected chi connectivity index (χ4v) is 4.06. The SMILES string of the molecule is COc1cccc(CC(=O)N2CCC(c3nc4ccncc4n3C(C)C)C2)c1. The minimum absolute atomic E-state index is 0.157. The van der Waals surface area contributed by atoms with Crippen molar-refractivity contribution in [2.24, 2.45) is 0 Å². The topological polar surface area (TPSA) is 60.2 Å². The molecule has 0 saturated carbocycles. The molecule has 1 aromatic carbocycles. The number of hydrogen-bond acceptors (Lipinski definition) is 4. The molecule has 0 bridgehead atoms. The maximum Gasteiger partial charge on any atom is 0.227 e. The van der Waals surface area contributed by atoms with Crippen LogP contribution < -0.4 is 4.74 Å². The lowest BCUT2D eigenvalue weighted by molar-refractivity contribution is -0.129. The first kappa shape index (κ1) is 18.5. The summed E-state index contributed by atoms with van der Waals surface area (Å²) >= 11 is 0. The van der Waals surface area contributed by atoms with Gasteiger partial charge < -0.3 is 14.2 Å². The summed E-state index contributed by atoms with van der Waals surface area (Å²) in [4.78, 5) is 23.9. The highest BCUT2D eigenvalue weighted by Crippen LogP contribution is 2.31. The van der Waals surface area contributed by atoms with Crippen molar-refractivity contribution in [3.8, 4) is 5.75 Å². The second-order valence-electron chi connectivity index (χ2n) is 7.65. The molecule has 2 aromatic heterocycles. The highest BCUT2D eigenvalue weighted by molar-refractivity contribution is 5.79. The second kappa shape index (κ2) is 7.62. The number of pyridine rings is 1. The summed E-state index contributed by atoms with van der Waals surface area (Å²) in [6.07, 6.45) is 5.00. The standard InChI is InChI=1S/C22H26N4O2/c1-15(2)26-20-13-23-9-7-19(20)24-22(26)17-8-10-25(14-17)21(27)12-16-5-4-6-18(11-16)28-3/h4-7,9,11,13,15,17H,8,10,12,14H2,1-3H3. The molecule has 1 fully saturated rings. The van der Waals surface area contributed by atoms with Gasteiger partial charge in [0.05, 0.1) is 30.8 Å².